The van der Waals surface area contributed by atoms with Gasteiger partial charge in [0.2, 0.25) is 5.91 Å². The van der Waals surface area contributed by atoms with E-state index in [1.807, 2.05) is 12.1 Å². The number of aliphatic hydroxyl groups is 1. The lowest BCUT2D eigenvalue weighted by atomic mass is 9.92. The molecule has 1 aliphatic heterocycles. The zero-order valence-electron chi connectivity index (χ0n) is 13.0. The van der Waals surface area contributed by atoms with Gasteiger partial charge in [0, 0.05) is 18.5 Å². The molecular formula is C16H25ClN2O3. The molecule has 0 spiro atoms. The van der Waals surface area contributed by atoms with Gasteiger partial charge in [0.1, 0.15) is 5.75 Å². The number of halogens is 1. The number of amides is 1. The fourth-order valence-corrected chi connectivity index (χ4v) is 2.66. The van der Waals surface area contributed by atoms with Crippen LogP contribution in [0.5, 0.6) is 5.75 Å². The minimum Gasteiger partial charge on any atom is -0.497 e. The molecule has 3 atom stereocenters. The van der Waals surface area contributed by atoms with E-state index in [4.69, 9.17) is 4.74 Å². The van der Waals surface area contributed by atoms with Gasteiger partial charge in [-0.25, -0.2) is 0 Å². The van der Waals surface area contributed by atoms with Gasteiger partial charge in [0.25, 0.3) is 0 Å². The summed E-state index contributed by atoms with van der Waals surface area (Å²) in [5.74, 6) is 0.832. The van der Waals surface area contributed by atoms with Crippen molar-refractivity contribution in [1.29, 1.82) is 0 Å². The first-order chi connectivity index (χ1) is 10.1. The highest BCUT2D eigenvalue weighted by Crippen LogP contribution is 2.18. The zero-order valence-corrected chi connectivity index (χ0v) is 13.9. The van der Waals surface area contributed by atoms with E-state index in [0.29, 0.717) is 6.04 Å². The molecule has 0 aliphatic carbocycles. The standard InChI is InChI=1S/C16H24N2O3.ClH/c1-11-9-13(7-8-17-11)16(20)18-10-15(19)12-3-5-14(21-2)6-4-12;/h3-6,11,13,15,17,19H,7-10H2,1-2H3,(H,18,20);1H/t11-,13-,15?;/m0./s1. The Balaban J connectivity index is 0.00000242. The maximum absolute atomic E-state index is 12.1. The summed E-state index contributed by atoms with van der Waals surface area (Å²) in [5, 5.41) is 16.3. The van der Waals surface area contributed by atoms with Gasteiger partial charge >= 0.3 is 0 Å². The lowest BCUT2D eigenvalue weighted by Crippen LogP contribution is -2.43. The van der Waals surface area contributed by atoms with Crippen LogP contribution in [0.2, 0.25) is 0 Å². The van der Waals surface area contributed by atoms with E-state index in [2.05, 4.69) is 17.6 Å². The number of hydrogen-bond acceptors (Lipinski definition) is 4. The van der Waals surface area contributed by atoms with Crippen molar-refractivity contribution in [2.45, 2.75) is 31.9 Å². The Bertz CT molecular complexity index is 467. The Morgan fingerprint density at radius 1 is 1.45 bits per heavy atom. The van der Waals surface area contributed by atoms with E-state index in [1.54, 1.807) is 19.2 Å². The molecule has 124 valence electrons. The molecule has 1 aromatic rings. The maximum Gasteiger partial charge on any atom is 0.223 e. The van der Waals surface area contributed by atoms with Gasteiger partial charge in [-0.05, 0) is 44.0 Å². The Labute approximate surface area is 137 Å². The molecule has 1 aromatic carbocycles. The van der Waals surface area contributed by atoms with Crippen LogP contribution in [0.1, 0.15) is 31.4 Å². The third-order valence-corrected chi connectivity index (χ3v) is 3.96. The minimum absolute atomic E-state index is 0. The zero-order chi connectivity index (χ0) is 15.2. The Morgan fingerprint density at radius 3 is 2.73 bits per heavy atom. The molecule has 0 aromatic heterocycles. The normalized spacial score (nSPS) is 22.3. The number of piperidine rings is 1. The molecule has 1 saturated heterocycles. The largest absolute Gasteiger partial charge is 0.497 e. The quantitative estimate of drug-likeness (QED) is 0.768. The average molecular weight is 329 g/mol. The summed E-state index contributed by atoms with van der Waals surface area (Å²) in [6, 6.07) is 7.59. The lowest BCUT2D eigenvalue weighted by Gasteiger charge is -2.27. The summed E-state index contributed by atoms with van der Waals surface area (Å²) in [7, 11) is 1.60. The fourth-order valence-electron chi connectivity index (χ4n) is 2.66. The van der Waals surface area contributed by atoms with Gasteiger partial charge in [-0.15, -0.1) is 12.4 Å². The van der Waals surface area contributed by atoms with Crippen molar-refractivity contribution >= 4 is 18.3 Å². The molecule has 3 N–H and O–H groups in total. The number of aliphatic hydroxyl groups excluding tert-OH is 1. The smallest absolute Gasteiger partial charge is 0.223 e. The number of benzene rings is 1. The van der Waals surface area contributed by atoms with Gasteiger partial charge in [0.05, 0.1) is 13.2 Å². The van der Waals surface area contributed by atoms with Gasteiger partial charge < -0.3 is 20.5 Å². The second-order valence-electron chi connectivity index (χ2n) is 5.61. The van der Waals surface area contributed by atoms with Crippen LogP contribution in [0.25, 0.3) is 0 Å². The second kappa shape index (κ2) is 8.98. The first-order valence-electron chi connectivity index (χ1n) is 7.43. The van der Waals surface area contributed by atoms with Crippen LogP contribution in [0.15, 0.2) is 24.3 Å². The molecule has 0 bridgehead atoms. The van der Waals surface area contributed by atoms with Crippen molar-refractivity contribution < 1.29 is 14.6 Å². The van der Waals surface area contributed by atoms with Crippen LogP contribution in [-0.2, 0) is 4.79 Å². The number of carbonyl (C=O) groups excluding carboxylic acids is 1. The molecule has 1 amide bonds. The van der Waals surface area contributed by atoms with Crippen LogP contribution in [0, 0.1) is 5.92 Å². The van der Waals surface area contributed by atoms with Crippen molar-refractivity contribution in [3.8, 4) is 5.75 Å². The van der Waals surface area contributed by atoms with Crippen LogP contribution in [-0.4, -0.2) is 37.3 Å². The predicted molar refractivity (Wildman–Crippen MR) is 88.4 cm³/mol. The summed E-state index contributed by atoms with van der Waals surface area (Å²) >= 11 is 0. The summed E-state index contributed by atoms with van der Waals surface area (Å²) in [5.41, 5.74) is 0.773. The van der Waals surface area contributed by atoms with Gasteiger partial charge in [-0.1, -0.05) is 12.1 Å². The van der Waals surface area contributed by atoms with Crippen molar-refractivity contribution in [1.82, 2.24) is 10.6 Å². The molecular weight excluding hydrogens is 304 g/mol. The van der Waals surface area contributed by atoms with Gasteiger partial charge in [-0.2, -0.15) is 0 Å². The third kappa shape index (κ3) is 5.16. The van der Waals surface area contributed by atoms with Crippen LogP contribution in [0.3, 0.4) is 0 Å². The summed E-state index contributed by atoms with van der Waals surface area (Å²) in [4.78, 5) is 12.1. The van der Waals surface area contributed by atoms with Crippen LogP contribution >= 0.6 is 12.4 Å². The molecule has 2 rings (SSSR count). The van der Waals surface area contributed by atoms with Gasteiger partial charge in [-0.3, -0.25) is 4.79 Å². The highest BCUT2D eigenvalue weighted by Gasteiger charge is 2.24. The molecule has 5 nitrogen and oxygen atoms in total. The SMILES string of the molecule is COc1ccc(C(O)CNC(=O)[C@H]2CCN[C@@H](C)C2)cc1.Cl. The number of nitrogens with one attached hydrogen (secondary N) is 2. The van der Waals surface area contributed by atoms with Crippen molar-refractivity contribution in [2.24, 2.45) is 5.92 Å². The number of methoxy groups -OCH3 is 1. The Morgan fingerprint density at radius 2 is 2.14 bits per heavy atom. The average Bonchev–Trinajstić information content (AvgIpc) is 2.52. The molecule has 22 heavy (non-hydrogen) atoms. The summed E-state index contributed by atoms with van der Waals surface area (Å²) in [6.45, 7) is 3.20. The third-order valence-electron chi connectivity index (χ3n) is 3.96. The van der Waals surface area contributed by atoms with Crippen molar-refractivity contribution in [3.05, 3.63) is 29.8 Å². The van der Waals surface area contributed by atoms with Crippen LogP contribution in [0.4, 0.5) is 0 Å². The van der Waals surface area contributed by atoms with E-state index in [9.17, 15) is 9.90 Å². The Hall–Kier alpha value is -1.30. The summed E-state index contributed by atoms with van der Waals surface area (Å²) < 4.78 is 5.08. The molecule has 6 heteroatoms. The van der Waals surface area contributed by atoms with E-state index >= 15 is 0 Å². The van der Waals surface area contributed by atoms with E-state index in [1.165, 1.54) is 0 Å². The topological polar surface area (TPSA) is 70.6 Å². The predicted octanol–water partition coefficient (Wildman–Crippen LogP) is 1.65. The van der Waals surface area contributed by atoms with Gasteiger partial charge in [0.15, 0.2) is 0 Å². The fraction of sp³-hybridized carbons (Fsp3) is 0.562. The number of ether oxygens (including phenoxy) is 1. The molecule has 1 heterocycles. The molecule has 0 saturated carbocycles. The number of carbonyl (C=O) groups is 1. The first-order valence-corrected chi connectivity index (χ1v) is 7.43. The Kier molecular flexibility index (Phi) is 7.65. The van der Waals surface area contributed by atoms with Crippen LogP contribution < -0.4 is 15.4 Å². The van der Waals surface area contributed by atoms with Crippen molar-refractivity contribution in [3.63, 3.8) is 0 Å². The number of hydrogen-bond donors (Lipinski definition) is 3. The highest BCUT2D eigenvalue weighted by atomic mass is 35.5. The van der Waals surface area contributed by atoms with E-state index < -0.39 is 6.10 Å². The van der Waals surface area contributed by atoms with E-state index in [-0.39, 0.29) is 30.8 Å². The molecule has 0 radical (unpaired) electrons. The molecule has 1 unspecified atom stereocenters. The monoisotopic (exact) mass is 328 g/mol. The first kappa shape index (κ1) is 18.7. The van der Waals surface area contributed by atoms with Crippen molar-refractivity contribution in [2.75, 3.05) is 20.2 Å². The molecule has 1 fully saturated rings. The lowest BCUT2D eigenvalue weighted by molar-refractivity contribution is -0.126. The minimum atomic E-state index is -0.695. The highest BCUT2D eigenvalue weighted by molar-refractivity contribution is 5.85. The second-order valence-corrected chi connectivity index (χ2v) is 5.61. The van der Waals surface area contributed by atoms with E-state index in [0.717, 1.165) is 30.7 Å². The molecule has 1 aliphatic rings. The summed E-state index contributed by atoms with van der Waals surface area (Å²) in [6.07, 6.45) is 1.01. The maximum atomic E-state index is 12.1. The number of rotatable bonds is 5.